The van der Waals surface area contributed by atoms with Crippen molar-refractivity contribution in [3.8, 4) is 23.0 Å². The Kier molecular flexibility index (Phi) is 11.3. The van der Waals surface area contributed by atoms with Gasteiger partial charge in [0.05, 0.1) is 12.1 Å². The minimum Gasteiger partial charge on any atom is -0.457 e. The van der Waals surface area contributed by atoms with Crippen molar-refractivity contribution in [1.82, 2.24) is 10.1 Å². The molecule has 4 amide bonds. The third-order valence-corrected chi connectivity index (χ3v) is 8.30. The number of hydroxylamine groups is 4. The molecule has 10 nitrogen and oxygen atoms in total. The number of ether oxygens (including phenoxy) is 2. The van der Waals surface area contributed by atoms with Gasteiger partial charge in [-0.25, -0.2) is 9.59 Å². The number of urea groups is 2. The van der Waals surface area contributed by atoms with Crippen LogP contribution in [0.3, 0.4) is 0 Å². The van der Waals surface area contributed by atoms with Crippen LogP contribution in [0, 0.1) is 0 Å². The van der Waals surface area contributed by atoms with E-state index in [9.17, 15) is 20.0 Å². The van der Waals surface area contributed by atoms with E-state index in [1.165, 1.54) is 0 Å². The van der Waals surface area contributed by atoms with Crippen LogP contribution >= 0.6 is 23.2 Å². The zero-order valence-electron chi connectivity index (χ0n) is 25.7. The molecule has 6 N–H and O–H groups in total. The molecule has 4 aromatic rings. The first-order valence-electron chi connectivity index (χ1n) is 15.1. The molecule has 0 aliphatic heterocycles. The maximum Gasteiger partial charge on any atom is 0.339 e. The molecule has 12 heteroatoms. The number of carbonyl (C=O) groups is 2. The van der Waals surface area contributed by atoms with Crippen molar-refractivity contribution in [1.29, 1.82) is 0 Å². The summed E-state index contributed by atoms with van der Waals surface area (Å²) in [6, 6.07) is 27.1. The molecule has 0 bridgehead atoms. The lowest BCUT2D eigenvalue weighted by atomic mass is 10.1. The number of halogens is 2. The molecule has 2 aliphatic carbocycles. The summed E-state index contributed by atoms with van der Waals surface area (Å²) in [6.45, 7) is 0. The van der Waals surface area contributed by atoms with Gasteiger partial charge in [0.2, 0.25) is 0 Å². The van der Waals surface area contributed by atoms with E-state index >= 15 is 0 Å². The standard InChI is InChI=1S/2C18H17ClN2O3/c2*19-14-5-8-16(9-6-14)24-17-3-1-2-12(11-17)13-4-7-15(10-13)21(23)18(20)22/h2*1-3,5-6,8-11,15,23H,4,7H2,(H2,20,22). The Morgan fingerprint density at radius 3 is 1.33 bits per heavy atom. The summed E-state index contributed by atoms with van der Waals surface area (Å²) in [5.74, 6) is 2.81. The van der Waals surface area contributed by atoms with Crippen molar-refractivity contribution in [2.24, 2.45) is 11.5 Å². The van der Waals surface area contributed by atoms with E-state index in [1.54, 1.807) is 48.5 Å². The Hall–Kier alpha value is -5.00. The Balaban J connectivity index is 0.000000188. The monoisotopic (exact) mass is 688 g/mol. The van der Waals surface area contributed by atoms with Crippen molar-refractivity contribution in [2.45, 2.75) is 37.8 Å². The number of nitrogens with zero attached hydrogens (tertiary/aromatic N) is 2. The highest BCUT2D eigenvalue weighted by molar-refractivity contribution is 6.30. The van der Waals surface area contributed by atoms with E-state index in [0.717, 1.165) is 35.1 Å². The predicted octanol–water partition coefficient (Wildman–Crippen LogP) is 8.90. The van der Waals surface area contributed by atoms with E-state index in [-0.39, 0.29) is 0 Å². The second-order valence-electron chi connectivity index (χ2n) is 11.1. The summed E-state index contributed by atoms with van der Waals surface area (Å²) in [5, 5.41) is 21.7. The number of nitrogens with two attached hydrogens (primary N) is 2. The topological polar surface area (TPSA) is 152 Å². The molecule has 48 heavy (non-hydrogen) atoms. The van der Waals surface area contributed by atoms with Gasteiger partial charge in [0.1, 0.15) is 23.0 Å². The Bertz CT molecular complexity index is 1680. The van der Waals surface area contributed by atoms with Gasteiger partial charge >= 0.3 is 12.1 Å². The number of amides is 4. The molecule has 2 aliphatic rings. The molecular weight excluding hydrogens is 655 g/mol. The molecule has 0 radical (unpaired) electrons. The third kappa shape index (κ3) is 9.08. The fourth-order valence-corrected chi connectivity index (χ4v) is 5.65. The lowest BCUT2D eigenvalue weighted by molar-refractivity contribution is -0.0608. The van der Waals surface area contributed by atoms with Crippen LogP contribution in [-0.4, -0.2) is 44.7 Å². The maximum atomic E-state index is 11.1. The van der Waals surface area contributed by atoms with Crippen LogP contribution in [0.15, 0.2) is 109 Å². The minimum atomic E-state index is -0.850. The quantitative estimate of drug-likeness (QED) is 0.107. The fourth-order valence-electron chi connectivity index (χ4n) is 5.39. The van der Waals surface area contributed by atoms with E-state index < -0.39 is 24.1 Å². The summed E-state index contributed by atoms with van der Waals surface area (Å²) in [4.78, 5) is 22.1. The molecule has 0 fully saturated rings. The number of hydrogen-bond donors (Lipinski definition) is 4. The Morgan fingerprint density at radius 1 is 0.604 bits per heavy atom. The first-order chi connectivity index (χ1) is 23.0. The molecule has 248 valence electrons. The minimum absolute atomic E-state index is 0.390. The van der Waals surface area contributed by atoms with Crippen molar-refractivity contribution in [3.05, 3.63) is 130 Å². The van der Waals surface area contributed by atoms with Gasteiger partial charge in [-0.05, 0) is 121 Å². The van der Waals surface area contributed by atoms with Crippen LogP contribution in [0.1, 0.15) is 36.8 Å². The summed E-state index contributed by atoms with van der Waals surface area (Å²) >= 11 is 11.7. The fraction of sp³-hybridized carbons (Fsp3) is 0.167. The average Bonchev–Trinajstić information content (AvgIpc) is 3.78. The number of primary amides is 2. The second-order valence-corrected chi connectivity index (χ2v) is 12.0. The van der Waals surface area contributed by atoms with Gasteiger partial charge in [-0.1, -0.05) is 59.6 Å². The summed E-state index contributed by atoms with van der Waals surface area (Å²) in [6.07, 6.45) is 6.48. The molecule has 0 aromatic heterocycles. The SMILES string of the molecule is NC(=O)N(O)C1C=C(c2cccc(Oc3ccc(Cl)cc3)c2)CC1.NC(=O)N(O)C1C=C(c2cccc(Oc3ccc(Cl)cc3)c2)CC1. The Labute approximate surface area is 287 Å². The van der Waals surface area contributed by atoms with Gasteiger partial charge in [0.15, 0.2) is 0 Å². The predicted molar refractivity (Wildman–Crippen MR) is 184 cm³/mol. The number of rotatable bonds is 8. The average molecular weight is 690 g/mol. The third-order valence-electron chi connectivity index (χ3n) is 7.79. The molecule has 6 rings (SSSR count). The van der Waals surface area contributed by atoms with Crippen molar-refractivity contribution in [3.63, 3.8) is 0 Å². The number of carbonyl (C=O) groups excluding carboxylic acids is 2. The molecule has 0 saturated carbocycles. The maximum absolute atomic E-state index is 11.1. The van der Waals surface area contributed by atoms with E-state index in [1.807, 2.05) is 60.7 Å². The zero-order valence-corrected chi connectivity index (χ0v) is 27.2. The first-order valence-corrected chi connectivity index (χ1v) is 15.9. The largest absolute Gasteiger partial charge is 0.457 e. The summed E-state index contributed by atoms with van der Waals surface area (Å²) in [5.41, 5.74) is 14.3. The van der Waals surface area contributed by atoms with Gasteiger partial charge in [0.25, 0.3) is 0 Å². The van der Waals surface area contributed by atoms with Crippen LogP contribution in [0.4, 0.5) is 9.59 Å². The number of hydrogen-bond acceptors (Lipinski definition) is 6. The highest BCUT2D eigenvalue weighted by atomic mass is 35.5. The van der Waals surface area contributed by atoms with Gasteiger partial charge in [0, 0.05) is 10.0 Å². The van der Waals surface area contributed by atoms with Gasteiger partial charge in [-0.3, -0.25) is 10.4 Å². The van der Waals surface area contributed by atoms with Crippen LogP contribution in [0.25, 0.3) is 11.1 Å². The highest BCUT2D eigenvalue weighted by Gasteiger charge is 2.25. The van der Waals surface area contributed by atoms with E-state index in [2.05, 4.69) is 0 Å². The molecule has 0 saturated heterocycles. The summed E-state index contributed by atoms with van der Waals surface area (Å²) < 4.78 is 11.7. The molecule has 2 unspecified atom stereocenters. The molecule has 0 heterocycles. The van der Waals surface area contributed by atoms with Crippen molar-refractivity contribution < 1.29 is 29.5 Å². The zero-order chi connectivity index (χ0) is 34.2. The molecule has 2 atom stereocenters. The van der Waals surface area contributed by atoms with E-state index in [0.29, 0.717) is 56.0 Å². The molecule has 4 aromatic carbocycles. The first kappa shape index (κ1) is 34.3. The van der Waals surface area contributed by atoms with Crippen molar-refractivity contribution >= 4 is 46.4 Å². The molecular formula is C36H34Cl2N4O6. The van der Waals surface area contributed by atoms with Gasteiger partial charge < -0.3 is 20.9 Å². The second kappa shape index (κ2) is 15.7. The lowest BCUT2D eigenvalue weighted by Gasteiger charge is -2.17. The molecule has 0 spiro atoms. The van der Waals surface area contributed by atoms with Crippen LogP contribution in [-0.2, 0) is 0 Å². The lowest BCUT2D eigenvalue weighted by Crippen LogP contribution is -2.39. The summed E-state index contributed by atoms with van der Waals surface area (Å²) in [7, 11) is 0. The van der Waals surface area contributed by atoms with E-state index in [4.69, 9.17) is 44.1 Å². The van der Waals surface area contributed by atoms with Gasteiger partial charge in [-0.2, -0.15) is 10.1 Å². The van der Waals surface area contributed by atoms with Crippen LogP contribution < -0.4 is 20.9 Å². The smallest absolute Gasteiger partial charge is 0.339 e. The van der Waals surface area contributed by atoms with Gasteiger partial charge in [-0.15, -0.1) is 0 Å². The van der Waals surface area contributed by atoms with Crippen molar-refractivity contribution in [2.75, 3.05) is 0 Å². The van der Waals surface area contributed by atoms with Crippen LogP contribution in [0.2, 0.25) is 10.0 Å². The Morgan fingerprint density at radius 2 is 0.979 bits per heavy atom. The normalized spacial score (nSPS) is 16.6. The number of allylic oxidation sites excluding steroid dienone is 2. The number of benzene rings is 4. The van der Waals surface area contributed by atoms with Crippen LogP contribution in [0.5, 0.6) is 23.0 Å². The highest BCUT2D eigenvalue weighted by Crippen LogP contribution is 2.34.